The summed E-state index contributed by atoms with van der Waals surface area (Å²) in [5, 5.41) is 20.5. The van der Waals surface area contributed by atoms with Gasteiger partial charge in [-0.3, -0.25) is 4.79 Å². The summed E-state index contributed by atoms with van der Waals surface area (Å²) in [6.45, 7) is -0.265. The van der Waals surface area contributed by atoms with Crippen LogP contribution >= 0.6 is 11.6 Å². The smallest absolute Gasteiger partial charge is 0.352 e. The molecule has 0 spiro atoms. The third-order valence-electron chi connectivity index (χ3n) is 7.16. The molecule has 3 aromatic carbocycles. The lowest BCUT2D eigenvalue weighted by Gasteiger charge is -2.30. The topological polar surface area (TPSA) is 117 Å². The quantitative estimate of drug-likeness (QED) is 0.273. The van der Waals surface area contributed by atoms with Gasteiger partial charge in [0, 0.05) is 30.2 Å². The molecule has 1 saturated carbocycles. The first-order valence-electron chi connectivity index (χ1n) is 12.2. The summed E-state index contributed by atoms with van der Waals surface area (Å²) >= 11 is 5.98. The molecule has 39 heavy (non-hydrogen) atoms. The molecule has 1 fully saturated rings. The minimum atomic E-state index is -4.30. The Labute approximate surface area is 230 Å². The van der Waals surface area contributed by atoms with Crippen molar-refractivity contribution in [1.82, 2.24) is 8.87 Å². The molecule has 5 rings (SSSR count). The highest BCUT2D eigenvalue weighted by Crippen LogP contribution is 2.57. The van der Waals surface area contributed by atoms with Gasteiger partial charge in [-0.2, -0.15) is 4.31 Å². The van der Waals surface area contributed by atoms with E-state index < -0.39 is 33.4 Å². The Balaban J connectivity index is 1.53. The van der Waals surface area contributed by atoms with Crippen LogP contribution in [0.3, 0.4) is 0 Å². The number of hydrogen-bond donors (Lipinski definition) is 2. The zero-order valence-electron chi connectivity index (χ0n) is 20.6. The standard InChI is InChI=1S/C29H25ClN2O6S/c30-23-12-8-20(9-13-23)21-10-14-24(15-11-21)39(37,38)32(18-17-31-16-4-7-26(31)27(33)34)29(28(35)36)19-25(29)22-5-2-1-3-6-22/h1-16,25H,17-19H2,(H,33,34)(H,35,36)/t25-,29-/m1/s1. The minimum absolute atomic E-state index is 0.0144. The van der Waals surface area contributed by atoms with Crippen LogP contribution in [0.15, 0.2) is 102 Å². The average molecular weight is 565 g/mol. The Kier molecular flexibility index (Phi) is 7.07. The molecule has 2 atom stereocenters. The van der Waals surface area contributed by atoms with Gasteiger partial charge in [0.1, 0.15) is 11.2 Å². The molecule has 2 N–H and O–H groups in total. The number of nitrogens with zero attached hydrogens (tertiary/aromatic N) is 2. The summed E-state index contributed by atoms with van der Waals surface area (Å²) in [6, 6.07) is 25.3. The number of benzene rings is 3. The number of rotatable bonds is 10. The fourth-order valence-corrected chi connectivity index (χ4v) is 6.97. The molecule has 1 heterocycles. The van der Waals surface area contributed by atoms with E-state index in [0.717, 1.165) is 21.0 Å². The van der Waals surface area contributed by atoms with Crippen LogP contribution < -0.4 is 0 Å². The van der Waals surface area contributed by atoms with Crippen LogP contribution in [0.1, 0.15) is 28.4 Å². The first-order chi connectivity index (χ1) is 18.6. The Bertz CT molecular complexity index is 1620. The SMILES string of the molecule is O=C(O)c1cccn1CCN([C@]1(C(=O)O)C[C@@H]1c1ccccc1)S(=O)(=O)c1ccc(-c2ccc(Cl)cc2)cc1. The monoisotopic (exact) mass is 564 g/mol. The lowest BCUT2D eigenvalue weighted by molar-refractivity contribution is -0.143. The highest BCUT2D eigenvalue weighted by molar-refractivity contribution is 7.89. The van der Waals surface area contributed by atoms with Crippen molar-refractivity contribution < 1.29 is 28.2 Å². The van der Waals surface area contributed by atoms with Crippen LogP contribution in [0, 0.1) is 0 Å². The average Bonchev–Trinajstić information content (AvgIpc) is 3.50. The third kappa shape index (κ3) is 4.96. The summed E-state index contributed by atoms with van der Waals surface area (Å²) in [7, 11) is -4.30. The van der Waals surface area contributed by atoms with E-state index >= 15 is 0 Å². The molecule has 8 nitrogen and oxygen atoms in total. The number of carboxylic acid groups (broad SMARTS) is 2. The molecule has 0 saturated heterocycles. The van der Waals surface area contributed by atoms with Crippen LogP contribution in [0.2, 0.25) is 5.02 Å². The number of sulfonamides is 1. The van der Waals surface area contributed by atoms with Crippen molar-refractivity contribution in [3.8, 4) is 11.1 Å². The van der Waals surface area contributed by atoms with Gasteiger partial charge in [-0.15, -0.1) is 0 Å². The van der Waals surface area contributed by atoms with Crippen molar-refractivity contribution >= 4 is 33.6 Å². The van der Waals surface area contributed by atoms with Crippen molar-refractivity contribution in [2.75, 3.05) is 6.54 Å². The summed E-state index contributed by atoms with van der Waals surface area (Å²) < 4.78 is 30.6. The molecule has 0 amide bonds. The van der Waals surface area contributed by atoms with E-state index in [2.05, 4.69) is 0 Å². The van der Waals surface area contributed by atoms with Crippen molar-refractivity contribution in [3.05, 3.63) is 113 Å². The lowest BCUT2D eigenvalue weighted by atomic mass is 10.1. The van der Waals surface area contributed by atoms with Crippen LogP contribution in [0.4, 0.5) is 0 Å². The van der Waals surface area contributed by atoms with Gasteiger partial charge in [-0.05, 0) is 59.5 Å². The van der Waals surface area contributed by atoms with E-state index in [1.165, 1.54) is 29.0 Å². The molecule has 4 aromatic rings. The maximum atomic E-state index is 14.1. The number of carboxylic acids is 2. The highest BCUT2D eigenvalue weighted by Gasteiger charge is 2.67. The van der Waals surface area contributed by atoms with Crippen molar-refractivity contribution in [2.45, 2.75) is 29.3 Å². The largest absolute Gasteiger partial charge is 0.480 e. The van der Waals surface area contributed by atoms with Gasteiger partial charge < -0.3 is 14.8 Å². The van der Waals surface area contributed by atoms with Crippen LogP contribution in [0.5, 0.6) is 0 Å². The first kappa shape index (κ1) is 26.7. The zero-order valence-corrected chi connectivity index (χ0v) is 22.2. The van der Waals surface area contributed by atoms with Crippen molar-refractivity contribution in [3.63, 3.8) is 0 Å². The second-order valence-corrected chi connectivity index (χ2v) is 11.7. The van der Waals surface area contributed by atoms with Crippen LogP contribution in [0.25, 0.3) is 11.1 Å². The van der Waals surface area contributed by atoms with E-state index in [1.54, 1.807) is 54.6 Å². The maximum absolute atomic E-state index is 14.1. The van der Waals surface area contributed by atoms with Gasteiger partial charge in [0.05, 0.1) is 4.90 Å². The Morgan fingerprint density at radius 3 is 2.10 bits per heavy atom. The number of carbonyl (C=O) groups is 2. The van der Waals surface area contributed by atoms with Crippen molar-refractivity contribution in [1.29, 1.82) is 0 Å². The Morgan fingerprint density at radius 1 is 0.897 bits per heavy atom. The van der Waals surface area contributed by atoms with Gasteiger partial charge in [-0.1, -0.05) is 66.2 Å². The molecule has 1 aliphatic carbocycles. The summed E-state index contributed by atoms with van der Waals surface area (Å²) in [5.41, 5.74) is 0.635. The number of aliphatic carboxylic acids is 1. The van der Waals surface area contributed by atoms with E-state index in [1.807, 2.05) is 18.2 Å². The minimum Gasteiger partial charge on any atom is -0.480 e. The molecule has 0 unspecified atom stereocenters. The Hall–Kier alpha value is -3.92. The normalized spacial score (nSPS) is 18.7. The second kappa shape index (κ2) is 10.3. The lowest BCUT2D eigenvalue weighted by Crippen LogP contribution is -2.49. The molecule has 0 bridgehead atoms. The Morgan fingerprint density at radius 2 is 1.51 bits per heavy atom. The summed E-state index contributed by atoms with van der Waals surface area (Å²) in [5.74, 6) is -2.96. The third-order valence-corrected chi connectivity index (χ3v) is 9.37. The molecular weight excluding hydrogens is 540 g/mol. The molecule has 200 valence electrons. The highest BCUT2D eigenvalue weighted by atomic mass is 35.5. The van der Waals surface area contributed by atoms with E-state index in [0.29, 0.717) is 5.02 Å². The van der Waals surface area contributed by atoms with Crippen molar-refractivity contribution in [2.24, 2.45) is 0 Å². The van der Waals surface area contributed by atoms with E-state index in [9.17, 15) is 28.2 Å². The molecule has 0 radical (unpaired) electrons. The number of halogens is 1. The molecule has 0 aliphatic heterocycles. The predicted molar refractivity (Wildman–Crippen MR) is 146 cm³/mol. The fraction of sp³-hybridized carbons (Fsp3) is 0.172. The molecular formula is C29H25ClN2O6S. The van der Waals surface area contributed by atoms with Gasteiger partial charge in [-0.25, -0.2) is 13.2 Å². The predicted octanol–water partition coefficient (Wildman–Crippen LogP) is 5.21. The van der Waals surface area contributed by atoms with E-state index in [4.69, 9.17) is 11.6 Å². The summed E-state index contributed by atoms with van der Waals surface area (Å²) in [4.78, 5) is 24.3. The number of hydrogen-bond acceptors (Lipinski definition) is 4. The van der Waals surface area contributed by atoms with Gasteiger partial charge in [0.2, 0.25) is 10.0 Å². The van der Waals surface area contributed by atoms with E-state index in [-0.39, 0.29) is 30.1 Å². The fourth-order valence-electron chi connectivity index (χ4n) is 5.07. The van der Waals surface area contributed by atoms with Crippen LogP contribution in [-0.4, -0.2) is 51.5 Å². The van der Waals surface area contributed by atoms with Crippen LogP contribution in [-0.2, 0) is 21.4 Å². The molecule has 1 aromatic heterocycles. The summed E-state index contributed by atoms with van der Waals surface area (Å²) in [6.07, 6.45) is 1.64. The number of aromatic carboxylic acids is 1. The number of aromatic nitrogens is 1. The first-order valence-corrected chi connectivity index (χ1v) is 14.0. The second-order valence-electron chi connectivity index (χ2n) is 9.40. The van der Waals surface area contributed by atoms with Gasteiger partial charge in [0.25, 0.3) is 0 Å². The van der Waals surface area contributed by atoms with Gasteiger partial charge in [0.15, 0.2) is 0 Å². The maximum Gasteiger partial charge on any atom is 0.352 e. The molecule has 1 aliphatic rings. The zero-order chi connectivity index (χ0) is 27.8. The van der Waals surface area contributed by atoms with Gasteiger partial charge >= 0.3 is 11.9 Å². The molecule has 10 heteroatoms.